The van der Waals surface area contributed by atoms with Gasteiger partial charge in [-0.1, -0.05) is 19.1 Å². The number of nitrogens with one attached hydrogen (secondary N) is 1. The van der Waals surface area contributed by atoms with Crippen LogP contribution in [0.1, 0.15) is 20.3 Å². The van der Waals surface area contributed by atoms with Crippen LogP contribution in [0.2, 0.25) is 0 Å². The highest BCUT2D eigenvalue weighted by Crippen LogP contribution is 1.91. The third kappa shape index (κ3) is 6.53. The lowest BCUT2D eigenvalue weighted by molar-refractivity contribution is 0.112. The van der Waals surface area contributed by atoms with Crippen molar-refractivity contribution in [1.29, 1.82) is 0 Å². The van der Waals surface area contributed by atoms with Crippen LogP contribution in [0.4, 0.5) is 0 Å². The van der Waals surface area contributed by atoms with E-state index in [0.29, 0.717) is 5.92 Å². The van der Waals surface area contributed by atoms with Crippen LogP contribution >= 0.6 is 0 Å². The quantitative estimate of drug-likeness (QED) is 0.636. The summed E-state index contributed by atoms with van der Waals surface area (Å²) in [7, 11) is 0. The smallest absolute Gasteiger partial charge is 0.0692 e. The largest absolute Gasteiger partial charge is 0.380 e. The number of hydrogen-bond donors (Lipinski definition) is 1. The van der Waals surface area contributed by atoms with E-state index in [9.17, 15) is 0 Å². The zero-order valence-electron chi connectivity index (χ0n) is 10.2. The van der Waals surface area contributed by atoms with Gasteiger partial charge in [0, 0.05) is 25.9 Å². The zero-order chi connectivity index (χ0) is 11.6. The molecule has 1 rings (SSSR count). The van der Waals surface area contributed by atoms with Crippen LogP contribution in [0, 0.1) is 5.92 Å². The van der Waals surface area contributed by atoms with Crippen LogP contribution in [0.5, 0.6) is 0 Å². The summed E-state index contributed by atoms with van der Waals surface area (Å²) < 4.78 is 7.30. The average molecular weight is 226 g/mol. The molecule has 0 spiro atoms. The maximum Gasteiger partial charge on any atom is 0.0692 e. The normalized spacial score (nSPS) is 11.2. The monoisotopic (exact) mass is 226 g/mol. The molecular formula is C11H22N4O. The number of aromatic nitrogens is 3. The molecule has 0 aliphatic heterocycles. The van der Waals surface area contributed by atoms with Crippen molar-refractivity contribution < 1.29 is 4.74 Å². The van der Waals surface area contributed by atoms with Gasteiger partial charge in [-0.05, 0) is 18.9 Å². The molecule has 0 unspecified atom stereocenters. The van der Waals surface area contributed by atoms with Crippen LogP contribution in [-0.4, -0.2) is 41.3 Å². The molecule has 92 valence electrons. The van der Waals surface area contributed by atoms with Gasteiger partial charge in [-0.25, -0.2) is 0 Å². The fourth-order valence-corrected chi connectivity index (χ4v) is 1.31. The van der Waals surface area contributed by atoms with Crippen LogP contribution in [0.3, 0.4) is 0 Å². The Labute approximate surface area is 97.2 Å². The molecule has 1 aromatic rings. The Kier molecular flexibility index (Phi) is 6.76. The first kappa shape index (κ1) is 13.1. The molecule has 0 atom stereocenters. The Balaban J connectivity index is 1.82. The van der Waals surface area contributed by atoms with E-state index in [4.69, 9.17) is 4.74 Å². The van der Waals surface area contributed by atoms with Crippen LogP contribution in [-0.2, 0) is 11.3 Å². The third-order valence-corrected chi connectivity index (χ3v) is 2.09. The number of nitrogens with zero attached hydrogens (tertiary/aromatic N) is 3. The first-order valence-corrected chi connectivity index (χ1v) is 5.91. The molecule has 0 bridgehead atoms. The minimum Gasteiger partial charge on any atom is -0.380 e. The molecule has 0 amide bonds. The predicted octanol–water partition coefficient (Wildman–Crippen LogP) is 0.930. The first-order chi connectivity index (χ1) is 7.79. The molecule has 16 heavy (non-hydrogen) atoms. The minimum absolute atomic E-state index is 0.618. The lowest BCUT2D eigenvalue weighted by Crippen LogP contribution is -2.22. The standard InChI is InChI=1S/C11H22N4O/c1-11(2)10-16-9-6-12-4-3-7-15-8-5-13-14-15/h5,8,11-12H,3-4,6-7,9-10H2,1-2H3. The summed E-state index contributed by atoms with van der Waals surface area (Å²) in [5, 5.41) is 11.0. The molecule has 0 saturated heterocycles. The fraction of sp³-hybridized carbons (Fsp3) is 0.818. The van der Waals surface area contributed by atoms with Crippen LogP contribution in [0.25, 0.3) is 0 Å². The van der Waals surface area contributed by atoms with Crippen molar-refractivity contribution in [1.82, 2.24) is 20.3 Å². The number of ether oxygens (including phenoxy) is 1. The summed E-state index contributed by atoms with van der Waals surface area (Å²) in [5.74, 6) is 0.618. The Morgan fingerprint density at radius 2 is 2.25 bits per heavy atom. The molecule has 0 aromatic carbocycles. The molecule has 1 heterocycles. The molecule has 5 heteroatoms. The molecule has 1 aromatic heterocycles. The topological polar surface area (TPSA) is 52.0 Å². The maximum atomic E-state index is 5.46. The molecule has 1 N–H and O–H groups in total. The number of aryl methyl sites for hydroxylation is 1. The molecule has 0 fully saturated rings. The highest BCUT2D eigenvalue weighted by Gasteiger charge is 1.94. The third-order valence-electron chi connectivity index (χ3n) is 2.09. The lowest BCUT2D eigenvalue weighted by atomic mass is 10.2. The van der Waals surface area contributed by atoms with Crippen LogP contribution in [0.15, 0.2) is 12.4 Å². The molecule has 0 saturated carbocycles. The van der Waals surface area contributed by atoms with E-state index in [-0.39, 0.29) is 0 Å². The summed E-state index contributed by atoms with van der Waals surface area (Å²) >= 11 is 0. The van der Waals surface area contributed by atoms with E-state index in [0.717, 1.165) is 39.3 Å². The average Bonchev–Trinajstić information content (AvgIpc) is 2.74. The number of rotatable bonds is 9. The van der Waals surface area contributed by atoms with Gasteiger partial charge in [0.15, 0.2) is 0 Å². The van der Waals surface area contributed by atoms with Crippen molar-refractivity contribution in [2.45, 2.75) is 26.8 Å². The second-order valence-corrected chi connectivity index (χ2v) is 4.24. The van der Waals surface area contributed by atoms with Gasteiger partial charge in [-0.2, -0.15) is 0 Å². The van der Waals surface area contributed by atoms with Crippen molar-refractivity contribution in [2.75, 3.05) is 26.3 Å². The second kappa shape index (κ2) is 8.24. The molecular weight excluding hydrogens is 204 g/mol. The van der Waals surface area contributed by atoms with Crippen LogP contribution < -0.4 is 5.32 Å². The molecule has 0 aliphatic rings. The van der Waals surface area contributed by atoms with E-state index in [1.54, 1.807) is 6.20 Å². The summed E-state index contributed by atoms with van der Waals surface area (Å²) in [6, 6.07) is 0. The van der Waals surface area contributed by atoms with Crippen molar-refractivity contribution in [3.63, 3.8) is 0 Å². The number of hydrogen-bond acceptors (Lipinski definition) is 4. The fourth-order valence-electron chi connectivity index (χ4n) is 1.31. The van der Waals surface area contributed by atoms with Gasteiger partial charge < -0.3 is 10.1 Å². The molecule has 0 aliphatic carbocycles. The zero-order valence-corrected chi connectivity index (χ0v) is 10.2. The van der Waals surface area contributed by atoms with Gasteiger partial charge in [0.05, 0.1) is 12.8 Å². The van der Waals surface area contributed by atoms with Gasteiger partial charge in [-0.3, -0.25) is 4.68 Å². The van der Waals surface area contributed by atoms with Gasteiger partial charge in [-0.15, -0.1) is 5.10 Å². The Morgan fingerprint density at radius 3 is 2.94 bits per heavy atom. The van der Waals surface area contributed by atoms with E-state index in [2.05, 4.69) is 29.5 Å². The highest BCUT2D eigenvalue weighted by molar-refractivity contribution is 4.63. The van der Waals surface area contributed by atoms with Gasteiger partial charge in [0.2, 0.25) is 0 Å². The van der Waals surface area contributed by atoms with E-state index in [1.165, 1.54) is 0 Å². The second-order valence-electron chi connectivity index (χ2n) is 4.24. The van der Waals surface area contributed by atoms with Gasteiger partial charge in [0.1, 0.15) is 0 Å². The molecule has 0 radical (unpaired) electrons. The summed E-state index contributed by atoms with van der Waals surface area (Å²) in [6.07, 6.45) is 4.65. The lowest BCUT2D eigenvalue weighted by Gasteiger charge is -2.07. The first-order valence-electron chi connectivity index (χ1n) is 5.91. The van der Waals surface area contributed by atoms with E-state index in [1.807, 2.05) is 10.9 Å². The SMILES string of the molecule is CC(C)COCCNCCCn1ccnn1. The van der Waals surface area contributed by atoms with Crippen molar-refractivity contribution in [2.24, 2.45) is 5.92 Å². The maximum absolute atomic E-state index is 5.46. The van der Waals surface area contributed by atoms with E-state index >= 15 is 0 Å². The predicted molar refractivity (Wildman–Crippen MR) is 63.2 cm³/mol. The van der Waals surface area contributed by atoms with Crippen molar-refractivity contribution >= 4 is 0 Å². The molecule has 5 nitrogen and oxygen atoms in total. The summed E-state index contributed by atoms with van der Waals surface area (Å²) in [4.78, 5) is 0. The van der Waals surface area contributed by atoms with Gasteiger partial charge >= 0.3 is 0 Å². The van der Waals surface area contributed by atoms with Crippen molar-refractivity contribution in [3.05, 3.63) is 12.4 Å². The van der Waals surface area contributed by atoms with Crippen molar-refractivity contribution in [3.8, 4) is 0 Å². The summed E-state index contributed by atoms with van der Waals surface area (Å²) in [6.45, 7) is 8.79. The van der Waals surface area contributed by atoms with Gasteiger partial charge in [0.25, 0.3) is 0 Å². The Bertz CT molecular complexity index is 248. The minimum atomic E-state index is 0.618. The Morgan fingerprint density at radius 1 is 1.38 bits per heavy atom. The van der Waals surface area contributed by atoms with E-state index < -0.39 is 0 Å². The summed E-state index contributed by atoms with van der Waals surface area (Å²) in [5.41, 5.74) is 0. The Hall–Kier alpha value is -0.940. The highest BCUT2D eigenvalue weighted by atomic mass is 16.5.